The molecule has 2 heterocycles. The molecule has 144 valence electrons. The van der Waals surface area contributed by atoms with E-state index in [2.05, 4.69) is 61.5 Å². The lowest BCUT2D eigenvalue weighted by Crippen LogP contribution is -2.26. The van der Waals surface area contributed by atoms with Gasteiger partial charge in [-0.15, -0.1) is 0 Å². The van der Waals surface area contributed by atoms with Crippen LogP contribution in [-0.2, 0) is 12.1 Å². The number of fused-ring (bicyclic) bond motifs is 1. The molecule has 6 heteroatoms. The molecule has 0 fully saturated rings. The quantitative estimate of drug-likeness (QED) is 0.706. The van der Waals surface area contributed by atoms with Crippen molar-refractivity contribution >= 4 is 22.9 Å². The Labute approximate surface area is 160 Å². The van der Waals surface area contributed by atoms with E-state index in [9.17, 15) is 4.79 Å². The highest BCUT2D eigenvalue weighted by atomic mass is 16.2. The van der Waals surface area contributed by atoms with E-state index in [0.29, 0.717) is 11.6 Å². The van der Waals surface area contributed by atoms with Crippen LogP contribution in [0.2, 0.25) is 0 Å². The zero-order chi connectivity index (χ0) is 19.8. The Balaban J connectivity index is 1.97. The van der Waals surface area contributed by atoms with Gasteiger partial charge < -0.3 is 4.57 Å². The van der Waals surface area contributed by atoms with Gasteiger partial charge in [0, 0.05) is 12.2 Å². The minimum absolute atomic E-state index is 0.187. The van der Waals surface area contributed by atoms with Crippen molar-refractivity contribution in [3.05, 3.63) is 41.7 Å². The average molecular weight is 367 g/mol. The van der Waals surface area contributed by atoms with E-state index in [1.807, 2.05) is 35.0 Å². The van der Waals surface area contributed by atoms with Gasteiger partial charge in [0.05, 0.1) is 16.6 Å². The van der Waals surface area contributed by atoms with E-state index >= 15 is 0 Å². The number of nitrogens with zero attached hydrogens (tertiary/aromatic N) is 4. The number of carbonyl (C=O) groups excluding carboxylic acids is 1. The molecule has 0 unspecified atom stereocenters. The molecule has 0 aliphatic carbocycles. The maximum Gasteiger partial charge on any atom is 0.278 e. The van der Waals surface area contributed by atoms with Gasteiger partial charge in [-0.3, -0.25) is 14.8 Å². The van der Waals surface area contributed by atoms with Crippen molar-refractivity contribution in [2.45, 2.75) is 66.0 Å². The zero-order valence-corrected chi connectivity index (χ0v) is 17.1. The van der Waals surface area contributed by atoms with Crippen LogP contribution >= 0.6 is 0 Å². The largest absolute Gasteiger partial charge is 0.310 e. The summed E-state index contributed by atoms with van der Waals surface area (Å²) in [7, 11) is 0. The second-order valence-electron chi connectivity index (χ2n) is 8.22. The first-order valence-corrected chi connectivity index (χ1v) is 9.59. The minimum Gasteiger partial charge on any atom is -0.310 e. The molecule has 0 bridgehead atoms. The molecule has 1 aromatic carbocycles. The van der Waals surface area contributed by atoms with E-state index in [1.54, 1.807) is 0 Å². The number of rotatable bonds is 5. The van der Waals surface area contributed by atoms with E-state index in [0.717, 1.165) is 29.7 Å². The summed E-state index contributed by atoms with van der Waals surface area (Å²) < 4.78 is 4.00. The number of hydrogen-bond donors (Lipinski definition) is 1. The van der Waals surface area contributed by atoms with Gasteiger partial charge in [0.1, 0.15) is 0 Å². The number of carbonyl (C=O) groups is 1. The maximum atomic E-state index is 12.9. The van der Waals surface area contributed by atoms with Crippen LogP contribution in [0.5, 0.6) is 0 Å². The van der Waals surface area contributed by atoms with E-state index in [-0.39, 0.29) is 17.4 Å². The van der Waals surface area contributed by atoms with E-state index in [1.165, 1.54) is 0 Å². The highest BCUT2D eigenvalue weighted by molar-refractivity contribution is 6.02. The highest BCUT2D eigenvalue weighted by Crippen LogP contribution is 2.25. The molecular formula is C21H29N5O. The van der Waals surface area contributed by atoms with Crippen molar-refractivity contribution in [2.24, 2.45) is 0 Å². The molecule has 0 aliphatic heterocycles. The van der Waals surface area contributed by atoms with Crippen molar-refractivity contribution < 1.29 is 4.79 Å². The van der Waals surface area contributed by atoms with Crippen LogP contribution in [0.1, 0.15) is 70.1 Å². The van der Waals surface area contributed by atoms with Gasteiger partial charge in [0.15, 0.2) is 5.69 Å². The van der Waals surface area contributed by atoms with E-state index < -0.39 is 0 Å². The molecule has 0 saturated carbocycles. The summed E-state index contributed by atoms with van der Waals surface area (Å²) in [6, 6.07) is 9.82. The van der Waals surface area contributed by atoms with Gasteiger partial charge in [-0.05, 0) is 51.3 Å². The zero-order valence-electron chi connectivity index (χ0n) is 17.1. The van der Waals surface area contributed by atoms with Crippen molar-refractivity contribution in [2.75, 3.05) is 5.32 Å². The van der Waals surface area contributed by atoms with Crippen LogP contribution in [0.25, 0.3) is 11.0 Å². The van der Waals surface area contributed by atoms with Gasteiger partial charge in [-0.1, -0.05) is 32.9 Å². The summed E-state index contributed by atoms with van der Waals surface area (Å²) in [6.45, 7) is 13.4. The normalized spacial score (nSPS) is 12.1. The highest BCUT2D eigenvalue weighted by Gasteiger charge is 2.24. The van der Waals surface area contributed by atoms with Gasteiger partial charge in [-0.2, -0.15) is 5.10 Å². The Morgan fingerprint density at radius 3 is 2.52 bits per heavy atom. The topological polar surface area (TPSA) is 64.7 Å². The molecule has 27 heavy (non-hydrogen) atoms. The fraction of sp³-hybridized carbons (Fsp3) is 0.476. The molecule has 2 aromatic heterocycles. The fourth-order valence-corrected chi connectivity index (χ4v) is 3.24. The number of aromatic nitrogens is 4. The molecular weight excluding hydrogens is 338 g/mol. The Kier molecular flexibility index (Phi) is 5.09. The summed E-state index contributed by atoms with van der Waals surface area (Å²) >= 11 is 0. The summed E-state index contributed by atoms with van der Waals surface area (Å²) in [6.07, 6.45) is 0.958. The second-order valence-corrected chi connectivity index (χ2v) is 8.22. The number of anilines is 1. The molecule has 0 atom stereocenters. The standard InChI is InChI=1S/C21H29N5O/c1-7-12-25-17-11-9-8-10-15(17)22-20(25)23-19(27)16-13-18(14(2)3)26(24-16)21(4,5)6/h8-11,13-14H,7,12H2,1-6H3,(H,22,23,27). The van der Waals surface area contributed by atoms with Crippen LogP contribution in [0.4, 0.5) is 5.95 Å². The predicted molar refractivity (Wildman–Crippen MR) is 109 cm³/mol. The lowest BCUT2D eigenvalue weighted by atomic mass is 10.1. The average Bonchev–Trinajstić information content (AvgIpc) is 3.18. The first-order chi connectivity index (χ1) is 12.7. The SMILES string of the molecule is CCCn1c(NC(=O)c2cc(C(C)C)n(C(C)(C)C)n2)nc2ccccc21. The number of amides is 1. The number of nitrogens with one attached hydrogen (secondary N) is 1. The van der Waals surface area contributed by atoms with Crippen molar-refractivity contribution in [3.63, 3.8) is 0 Å². The van der Waals surface area contributed by atoms with Crippen molar-refractivity contribution in [1.82, 2.24) is 19.3 Å². The predicted octanol–water partition coefficient (Wildman–Crippen LogP) is 4.77. The number of para-hydroxylation sites is 2. The smallest absolute Gasteiger partial charge is 0.278 e. The Morgan fingerprint density at radius 2 is 1.93 bits per heavy atom. The molecule has 0 radical (unpaired) electrons. The third-order valence-corrected chi connectivity index (χ3v) is 4.52. The second kappa shape index (κ2) is 7.18. The lowest BCUT2D eigenvalue weighted by molar-refractivity contribution is 0.101. The summed E-state index contributed by atoms with van der Waals surface area (Å²) in [5.74, 6) is 0.620. The summed E-state index contributed by atoms with van der Waals surface area (Å²) in [5, 5.41) is 7.57. The van der Waals surface area contributed by atoms with Gasteiger partial charge >= 0.3 is 0 Å². The van der Waals surface area contributed by atoms with Crippen LogP contribution in [0.3, 0.4) is 0 Å². The number of imidazole rings is 1. The summed E-state index contributed by atoms with van der Waals surface area (Å²) in [5.41, 5.74) is 3.19. The Hall–Kier alpha value is -2.63. The molecule has 0 spiro atoms. The van der Waals surface area contributed by atoms with Gasteiger partial charge in [0.25, 0.3) is 5.91 Å². The van der Waals surface area contributed by atoms with E-state index in [4.69, 9.17) is 0 Å². The molecule has 6 nitrogen and oxygen atoms in total. The van der Waals surface area contributed by atoms with Crippen LogP contribution < -0.4 is 5.32 Å². The number of hydrogen-bond acceptors (Lipinski definition) is 3. The summed E-state index contributed by atoms with van der Waals surface area (Å²) in [4.78, 5) is 17.5. The first-order valence-electron chi connectivity index (χ1n) is 9.59. The maximum absolute atomic E-state index is 12.9. The molecule has 1 amide bonds. The van der Waals surface area contributed by atoms with Gasteiger partial charge in [-0.25, -0.2) is 4.98 Å². The third kappa shape index (κ3) is 3.75. The monoisotopic (exact) mass is 367 g/mol. The van der Waals surface area contributed by atoms with Crippen molar-refractivity contribution in [3.8, 4) is 0 Å². The molecule has 3 aromatic rings. The third-order valence-electron chi connectivity index (χ3n) is 4.52. The van der Waals surface area contributed by atoms with Crippen LogP contribution in [0, 0.1) is 0 Å². The number of benzene rings is 1. The lowest BCUT2D eigenvalue weighted by Gasteiger charge is -2.23. The van der Waals surface area contributed by atoms with Gasteiger partial charge in [0.2, 0.25) is 5.95 Å². The Bertz CT molecular complexity index is 959. The molecule has 0 aliphatic rings. The fourth-order valence-electron chi connectivity index (χ4n) is 3.24. The minimum atomic E-state index is -0.229. The van der Waals surface area contributed by atoms with Crippen LogP contribution in [0.15, 0.2) is 30.3 Å². The first kappa shape index (κ1) is 19.1. The molecule has 1 N–H and O–H groups in total. The number of aryl methyl sites for hydroxylation is 1. The molecule has 0 saturated heterocycles. The van der Waals surface area contributed by atoms with Crippen LogP contribution in [-0.4, -0.2) is 25.2 Å². The molecule has 3 rings (SSSR count). The Morgan fingerprint density at radius 1 is 1.22 bits per heavy atom. The van der Waals surface area contributed by atoms with Crippen molar-refractivity contribution in [1.29, 1.82) is 0 Å².